The van der Waals surface area contributed by atoms with Crippen molar-refractivity contribution in [2.45, 2.75) is 51.1 Å². The minimum Gasteiger partial charge on any atom is -0.383 e. The molecule has 4 heteroatoms. The molecule has 1 amide bonds. The maximum absolute atomic E-state index is 11.7. The van der Waals surface area contributed by atoms with Crippen molar-refractivity contribution in [3.05, 3.63) is 0 Å². The summed E-state index contributed by atoms with van der Waals surface area (Å²) in [6.45, 7) is 2.47. The first-order chi connectivity index (χ1) is 7.69. The van der Waals surface area contributed by atoms with E-state index < -0.39 is 6.04 Å². The fourth-order valence-electron chi connectivity index (χ4n) is 2.43. The molecule has 0 aromatic carbocycles. The van der Waals surface area contributed by atoms with Gasteiger partial charge in [0.1, 0.15) is 6.04 Å². The molecule has 0 bridgehead atoms. The quantitative estimate of drug-likeness (QED) is 0.739. The Kier molecular flexibility index (Phi) is 5.77. The van der Waals surface area contributed by atoms with Crippen LogP contribution in [0.4, 0.5) is 0 Å². The number of carbonyl (C=O) groups excluding carboxylic acids is 1. The number of amides is 1. The Morgan fingerprint density at radius 1 is 1.50 bits per heavy atom. The summed E-state index contributed by atoms with van der Waals surface area (Å²) in [6, 6.07) is -0.224. The van der Waals surface area contributed by atoms with Crippen molar-refractivity contribution in [1.82, 2.24) is 5.32 Å². The van der Waals surface area contributed by atoms with Crippen molar-refractivity contribution < 1.29 is 9.53 Å². The molecule has 3 atom stereocenters. The molecule has 1 saturated carbocycles. The molecule has 0 aromatic heterocycles. The predicted molar refractivity (Wildman–Crippen MR) is 64.0 cm³/mol. The first-order valence-electron chi connectivity index (χ1n) is 6.24. The van der Waals surface area contributed by atoms with E-state index in [0.29, 0.717) is 12.0 Å². The fraction of sp³-hybridized carbons (Fsp3) is 0.917. The Balaban J connectivity index is 2.41. The number of nitrogens with one attached hydrogen (secondary N) is 1. The van der Waals surface area contributed by atoms with Crippen molar-refractivity contribution in [3.63, 3.8) is 0 Å². The summed E-state index contributed by atoms with van der Waals surface area (Å²) in [4.78, 5) is 11.7. The SMILES string of the molecule is CCC1CCCCC1NC(=O)C(N)COC. The number of hydrogen-bond donors (Lipinski definition) is 2. The average Bonchev–Trinajstić information content (AvgIpc) is 2.30. The molecule has 0 heterocycles. The fourth-order valence-corrected chi connectivity index (χ4v) is 2.43. The molecule has 3 N–H and O–H groups in total. The first kappa shape index (κ1) is 13.5. The zero-order valence-corrected chi connectivity index (χ0v) is 10.4. The smallest absolute Gasteiger partial charge is 0.239 e. The van der Waals surface area contributed by atoms with Gasteiger partial charge in [0.15, 0.2) is 0 Å². The first-order valence-corrected chi connectivity index (χ1v) is 6.24. The van der Waals surface area contributed by atoms with Crippen molar-refractivity contribution in [2.24, 2.45) is 11.7 Å². The van der Waals surface area contributed by atoms with Gasteiger partial charge in [-0.2, -0.15) is 0 Å². The number of nitrogens with two attached hydrogens (primary N) is 1. The Bertz CT molecular complexity index is 221. The van der Waals surface area contributed by atoms with Crippen LogP contribution in [-0.2, 0) is 9.53 Å². The highest BCUT2D eigenvalue weighted by Crippen LogP contribution is 2.26. The third-order valence-corrected chi connectivity index (χ3v) is 3.44. The second-order valence-electron chi connectivity index (χ2n) is 4.63. The predicted octanol–water partition coefficient (Wildman–Crippen LogP) is 1.05. The number of methoxy groups -OCH3 is 1. The molecular formula is C12H24N2O2. The van der Waals surface area contributed by atoms with Crippen molar-refractivity contribution in [1.29, 1.82) is 0 Å². The number of rotatable bonds is 5. The molecule has 3 unspecified atom stereocenters. The molecule has 0 spiro atoms. The zero-order valence-electron chi connectivity index (χ0n) is 10.4. The molecule has 1 fully saturated rings. The van der Waals surface area contributed by atoms with E-state index in [0.717, 1.165) is 12.8 Å². The molecule has 0 aliphatic heterocycles. The molecule has 1 rings (SSSR count). The van der Waals surface area contributed by atoms with Crippen LogP contribution in [0, 0.1) is 5.92 Å². The third kappa shape index (κ3) is 3.76. The van der Waals surface area contributed by atoms with Crippen LogP contribution >= 0.6 is 0 Å². The van der Waals surface area contributed by atoms with E-state index >= 15 is 0 Å². The number of carbonyl (C=O) groups is 1. The monoisotopic (exact) mass is 228 g/mol. The summed E-state index contributed by atoms with van der Waals surface area (Å²) in [5, 5.41) is 3.06. The van der Waals surface area contributed by atoms with Crippen LogP contribution in [0.5, 0.6) is 0 Å². The lowest BCUT2D eigenvalue weighted by Gasteiger charge is -2.32. The van der Waals surface area contributed by atoms with Gasteiger partial charge in [-0.25, -0.2) is 0 Å². The van der Waals surface area contributed by atoms with Crippen LogP contribution in [0.15, 0.2) is 0 Å². The van der Waals surface area contributed by atoms with Gasteiger partial charge in [0.05, 0.1) is 6.61 Å². The van der Waals surface area contributed by atoms with E-state index in [4.69, 9.17) is 10.5 Å². The molecule has 0 aromatic rings. The van der Waals surface area contributed by atoms with E-state index in [1.165, 1.54) is 19.3 Å². The largest absolute Gasteiger partial charge is 0.383 e. The van der Waals surface area contributed by atoms with E-state index in [1.54, 1.807) is 7.11 Å². The van der Waals surface area contributed by atoms with E-state index in [9.17, 15) is 4.79 Å². The minimum atomic E-state index is -0.538. The molecule has 4 nitrogen and oxygen atoms in total. The summed E-state index contributed by atoms with van der Waals surface area (Å²) in [5.74, 6) is 0.541. The summed E-state index contributed by atoms with van der Waals surface area (Å²) in [5.41, 5.74) is 5.69. The Labute approximate surface area is 97.9 Å². The van der Waals surface area contributed by atoms with E-state index in [2.05, 4.69) is 12.2 Å². The molecule has 1 aliphatic carbocycles. The topological polar surface area (TPSA) is 64.4 Å². The number of hydrogen-bond acceptors (Lipinski definition) is 3. The van der Waals surface area contributed by atoms with Crippen LogP contribution in [0.25, 0.3) is 0 Å². The number of ether oxygens (including phenoxy) is 1. The van der Waals surface area contributed by atoms with Gasteiger partial charge in [0.25, 0.3) is 0 Å². The molecule has 0 saturated heterocycles. The standard InChI is InChI=1S/C12H24N2O2/c1-3-9-6-4-5-7-11(9)14-12(15)10(13)8-16-2/h9-11H,3-8,13H2,1-2H3,(H,14,15). The lowest BCUT2D eigenvalue weighted by molar-refractivity contribution is -0.124. The van der Waals surface area contributed by atoms with Gasteiger partial charge in [-0.15, -0.1) is 0 Å². The minimum absolute atomic E-state index is 0.0767. The molecular weight excluding hydrogens is 204 g/mol. The lowest BCUT2D eigenvalue weighted by atomic mass is 9.83. The highest BCUT2D eigenvalue weighted by atomic mass is 16.5. The lowest BCUT2D eigenvalue weighted by Crippen LogP contribution is -2.50. The van der Waals surface area contributed by atoms with Gasteiger partial charge >= 0.3 is 0 Å². The van der Waals surface area contributed by atoms with Crippen LogP contribution in [0.1, 0.15) is 39.0 Å². The Hall–Kier alpha value is -0.610. The highest BCUT2D eigenvalue weighted by molar-refractivity contribution is 5.81. The van der Waals surface area contributed by atoms with Gasteiger partial charge in [-0.1, -0.05) is 26.2 Å². The normalized spacial score (nSPS) is 27.4. The maximum Gasteiger partial charge on any atom is 0.239 e. The molecule has 16 heavy (non-hydrogen) atoms. The van der Waals surface area contributed by atoms with Gasteiger partial charge in [-0.05, 0) is 18.8 Å². The van der Waals surface area contributed by atoms with E-state index in [-0.39, 0.29) is 12.5 Å². The van der Waals surface area contributed by atoms with Crippen molar-refractivity contribution >= 4 is 5.91 Å². The van der Waals surface area contributed by atoms with Gasteiger partial charge < -0.3 is 15.8 Å². The molecule has 0 radical (unpaired) electrons. The highest BCUT2D eigenvalue weighted by Gasteiger charge is 2.26. The van der Waals surface area contributed by atoms with Crippen LogP contribution in [-0.4, -0.2) is 31.7 Å². The van der Waals surface area contributed by atoms with Crippen LogP contribution in [0.2, 0.25) is 0 Å². The Morgan fingerprint density at radius 2 is 2.19 bits per heavy atom. The average molecular weight is 228 g/mol. The third-order valence-electron chi connectivity index (χ3n) is 3.44. The van der Waals surface area contributed by atoms with E-state index in [1.807, 2.05) is 0 Å². The van der Waals surface area contributed by atoms with Gasteiger partial charge in [-0.3, -0.25) is 4.79 Å². The van der Waals surface area contributed by atoms with Gasteiger partial charge in [0.2, 0.25) is 5.91 Å². The summed E-state index contributed by atoms with van der Waals surface area (Å²) < 4.78 is 4.88. The second kappa shape index (κ2) is 6.86. The zero-order chi connectivity index (χ0) is 12.0. The van der Waals surface area contributed by atoms with Crippen molar-refractivity contribution in [3.8, 4) is 0 Å². The molecule has 1 aliphatic rings. The maximum atomic E-state index is 11.7. The molecule has 94 valence electrons. The van der Waals surface area contributed by atoms with Crippen LogP contribution in [0.3, 0.4) is 0 Å². The van der Waals surface area contributed by atoms with Crippen LogP contribution < -0.4 is 11.1 Å². The second-order valence-corrected chi connectivity index (χ2v) is 4.63. The summed E-state index contributed by atoms with van der Waals surface area (Å²) in [7, 11) is 1.56. The van der Waals surface area contributed by atoms with Gasteiger partial charge in [0, 0.05) is 13.2 Å². The van der Waals surface area contributed by atoms with Crippen molar-refractivity contribution in [2.75, 3.05) is 13.7 Å². The summed E-state index contributed by atoms with van der Waals surface area (Å²) >= 11 is 0. The summed E-state index contributed by atoms with van der Waals surface area (Å²) in [6.07, 6.45) is 5.94. The Morgan fingerprint density at radius 3 is 2.81 bits per heavy atom.